The number of carbonyl (C=O) groups is 2. The molecule has 2 rings (SSSR count). The number of urea groups is 1. The van der Waals surface area contributed by atoms with E-state index >= 15 is 0 Å². The molecule has 0 spiro atoms. The van der Waals surface area contributed by atoms with Crippen LogP contribution in [0.5, 0.6) is 0 Å². The number of amides is 3. The van der Waals surface area contributed by atoms with E-state index in [2.05, 4.69) is 27.8 Å². The third-order valence-electron chi connectivity index (χ3n) is 4.26. The van der Waals surface area contributed by atoms with Crippen molar-refractivity contribution in [3.8, 4) is 0 Å². The zero-order chi connectivity index (χ0) is 14.4. The summed E-state index contributed by atoms with van der Waals surface area (Å²) in [5.74, 6) is 0.283. The van der Waals surface area contributed by atoms with Gasteiger partial charge in [-0.25, -0.2) is 4.79 Å². The third kappa shape index (κ3) is 7.13. The SMILES string of the molecule is CC1CCCCC1NC(=O)NC(=O)CN1CCNCC1.Cl.Cl. The normalized spacial score (nSPS) is 25.3. The van der Waals surface area contributed by atoms with E-state index in [4.69, 9.17) is 0 Å². The van der Waals surface area contributed by atoms with Crippen molar-refractivity contribution in [1.29, 1.82) is 0 Å². The Morgan fingerprint density at radius 2 is 1.77 bits per heavy atom. The van der Waals surface area contributed by atoms with Crippen molar-refractivity contribution >= 4 is 36.8 Å². The Morgan fingerprint density at radius 1 is 1.14 bits per heavy atom. The first-order chi connectivity index (χ1) is 9.65. The number of nitrogens with zero attached hydrogens (tertiary/aromatic N) is 1. The molecule has 0 aromatic carbocycles. The van der Waals surface area contributed by atoms with Gasteiger partial charge in [-0.05, 0) is 18.8 Å². The van der Waals surface area contributed by atoms with Crippen LogP contribution in [0.4, 0.5) is 4.79 Å². The highest BCUT2D eigenvalue weighted by atomic mass is 35.5. The molecule has 1 aliphatic carbocycles. The van der Waals surface area contributed by atoms with E-state index in [0.717, 1.165) is 45.4 Å². The summed E-state index contributed by atoms with van der Waals surface area (Å²) in [7, 11) is 0. The van der Waals surface area contributed by atoms with Crippen LogP contribution < -0.4 is 16.0 Å². The van der Waals surface area contributed by atoms with Crippen LogP contribution in [0.25, 0.3) is 0 Å². The first kappa shape index (κ1) is 21.4. The Bertz CT molecular complexity index is 352. The van der Waals surface area contributed by atoms with E-state index in [-0.39, 0.29) is 42.8 Å². The van der Waals surface area contributed by atoms with Gasteiger partial charge in [0.15, 0.2) is 0 Å². The monoisotopic (exact) mass is 354 g/mol. The molecule has 22 heavy (non-hydrogen) atoms. The summed E-state index contributed by atoms with van der Waals surface area (Å²) in [4.78, 5) is 25.7. The zero-order valence-electron chi connectivity index (χ0n) is 13.1. The number of hydrogen-bond acceptors (Lipinski definition) is 4. The summed E-state index contributed by atoms with van der Waals surface area (Å²) in [5, 5.41) is 8.61. The predicted octanol–water partition coefficient (Wildman–Crippen LogP) is 1.14. The van der Waals surface area contributed by atoms with Crippen molar-refractivity contribution < 1.29 is 9.59 Å². The summed E-state index contributed by atoms with van der Waals surface area (Å²) < 4.78 is 0. The standard InChI is InChI=1S/C14H26N4O2.2ClH/c1-11-4-2-3-5-12(11)16-14(20)17-13(19)10-18-8-6-15-7-9-18;;/h11-12,15H,2-10H2,1H3,(H2,16,17,19,20);2*1H. The van der Waals surface area contributed by atoms with E-state index in [0.29, 0.717) is 12.5 Å². The smallest absolute Gasteiger partial charge is 0.321 e. The Hall–Kier alpha value is -0.560. The van der Waals surface area contributed by atoms with Crippen molar-refractivity contribution in [1.82, 2.24) is 20.9 Å². The van der Waals surface area contributed by atoms with E-state index in [1.54, 1.807) is 0 Å². The Balaban J connectivity index is 0.00000220. The quantitative estimate of drug-likeness (QED) is 0.710. The number of carbonyl (C=O) groups excluding carboxylic acids is 2. The molecule has 2 fully saturated rings. The molecule has 2 aliphatic rings. The molecule has 130 valence electrons. The Kier molecular flexibility index (Phi) is 10.8. The Morgan fingerprint density at radius 3 is 2.41 bits per heavy atom. The molecule has 6 nitrogen and oxygen atoms in total. The molecular weight excluding hydrogens is 327 g/mol. The fourth-order valence-electron chi connectivity index (χ4n) is 2.97. The van der Waals surface area contributed by atoms with Gasteiger partial charge in [0.05, 0.1) is 6.54 Å². The van der Waals surface area contributed by atoms with Crippen LogP contribution >= 0.6 is 24.8 Å². The molecule has 8 heteroatoms. The molecule has 3 amide bonds. The van der Waals surface area contributed by atoms with Gasteiger partial charge in [0.1, 0.15) is 0 Å². The van der Waals surface area contributed by atoms with Gasteiger partial charge in [-0.1, -0.05) is 19.8 Å². The average Bonchev–Trinajstić information content (AvgIpc) is 2.42. The fraction of sp³-hybridized carbons (Fsp3) is 0.857. The van der Waals surface area contributed by atoms with Gasteiger partial charge < -0.3 is 10.6 Å². The number of hydrogen-bond donors (Lipinski definition) is 3. The summed E-state index contributed by atoms with van der Waals surface area (Å²) in [6, 6.07) is -0.139. The first-order valence-corrected chi connectivity index (χ1v) is 7.68. The summed E-state index contributed by atoms with van der Waals surface area (Å²) >= 11 is 0. The maximum absolute atomic E-state index is 11.8. The second-order valence-corrected chi connectivity index (χ2v) is 5.92. The van der Waals surface area contributed by atoms with Gasteiger partial charge in [0, 0.05) is 32.2 Å². The minimum Gasteiger partial charge on any atom is -0.335 e. The number of halogens is 2. The van der Waals surface area contributed by atoms with Crippen molar-refractivity contribution in [3.63, 3.8) is 0 Å². The topological polar surface area (TPSA) is 73.5 Å². The molecule has 0 aromatic rings. The van der Waals surface area contributed by atoms with Crippen LogP contribution in [0.3, 0.4) is 0 Å². The van der Waals surface area contributed by atoms with Crippen molar-refractivity contribution in [2.45, 2.75) is 38.6 Å². The van der Waals surface area contributed by atoms with Gasteiger partial charge in [0.2, 0.25) is 5.91 Å². The fourth-order valence-corrected chi connectivity index (χ4v) is 2.97. The van der Waals surface area contributed by atoms with Crippen LogP contribution in [0, 0.1) is 5.92 Å². The number of piperazine rings is 1. The molecule has 0 aromatic heterocycles. The molecule has 1 heterocycles. The predicted molar refractivity (Wildman–Crippen MR) is 91.9 cm³/mol. The lowest BCUT2D eigenvalue weighted by Crippen LogP contribution is -2.52. The van der Waals surface area contributed by atoms with Crippen LogP contribution in [0.15, 0.2) is 0 Å². The van der Waals surface area contributed by atoms with Crippen LogP contribution in [-0.2, 0) is 4.79 Å². The van der Waals surface area contributed by atoms with Crippen molar-refractivity contribution in [2.75, 3.05) is 32.7 Å². The minimum atomic E-state index is -0.344. The van der Waals surface area contributed by atoms with Crippen molar-refractivity contribution in [2.24, 2.45) is 5.92 Å². The lowest BCUT2D eigenvalue weighted by atomic mass is 9.86. The van der Waals surface area contributed by atoms with Crippen molar-refractivity contribution in [3.05, 3.63) is 0 Å². The van der Waals surface area contributed by atoms with Gasteiger partial charge in [0.25, 0.3) is 0 Å². The number of imide groups is 1. The molecule has 3 N–H and O–H groups in total. The number of rotatable bonds is 3. The molecule has 1 saturated carbocycles. The second kappa shape index (κ2) is 11.0. The van der Waals surface area contributed by atoms with Gasteiger partial charge >= 0.3 is 6.03 Å². The highest BCUT2D eigenvalue weighted by molar-refractivity contribution is 5.95. The van der Waals surface area contributed by atoms with E-state index < -0.39 is 0 Å². The van der Waals surface area contributed by atoms with E-state index in [1.807, 2.05) is 0 Å². The van der Waals surface area contributed by atoms with E-state index in [1.165, 1.54) is 6.42 Å². The molecule has 2 unspecified atom stereocenters. The third-order valence-corrected chi connectivity index (χ3v) is 4.26. The lowest BCUT2D eigenvalue weighted by Gasteiger charge is -2.29. The molecule has 1 aliphatic heterocycles. The average molecular weight is 355 g/mol. The highest BCUT2D eigenvalue weighted by Gasteiger charge is 2.23. The van der Waals surface area contributed by atoms with Gasteiger partial charge in [-0.3, -0.25) is 15.0 Å². The van der Waals surface area contributed by atoms with Crippen LogP contribution in [-0.4, -0.2) is 55.6 Å². The second-order valence-electron chi connectivity index (χ2n) is 5.92. The first-order valence-electron chi connectivity index (χ1n) is 7.68. The summed E-state index contributed by atoms with van der Waals surface area (Å²) in [6.07, 6.45) is 4.56. The van der Waals surface area contributed by atoms with Crippen LogP contribution in [0.2, 0.25) is 0 Å². The van der Waals surface area contributed by atoms with Gasteiger partial charge in [-0.2, -0.15) is 0 Å². The van der Waals surface area contributed by atoms with Gasteiger partial charge in [-0.15, -0.1) is 24.8 Å². The minimum absolute atomic E-state index is 0. The molecule has 0 bridgehead atoms. The molecule has 1 saturated heterocycles. The molecule has 2 atom stereocenters. The zero-order valence-corrected chi connectivity index (χ0v) is 14.7. The lowest BCUT2D eigenvalue weighted by molar-refractivity contribution is -0.121. The summed E-state index contributed by atoms with van der Waals surface area (Å²) in [6.45, 7) is 5.98. The number of nitrogens with one attached hydrogen (secondary N) is 3. The maximum atomic E-state index is 11.8. The van der Waals surface area contributed by atoms with E-state index in [9.17, 15) is 9.59 Å². The molecular formula is C14H28Cl2N4O2. The largest absolute Gasteiger partial charge is 0.335 e. The highest BCUT2D eigenvalue weighted by Crippen LogP contribution is 2.23. The molecule has 0 radical (unpaired) electrons. The Labute approximate surface area is 145 Å². The maximum Gasteiger partial charge on any atom is 0.321 e. The summed E-state index contributed by atoms with van der Waals surface area (Å²) in [5.41, 5.74) is 0. The van der Waals surface area contributed by atoms with Crippen LogP contribution in [0.1, 0.15) is 32.6 Å².